The van der Waals surface area contributed by atoms with E-state index in [-0.39, 0.29) is 16.6 Å². The zero-order valence-corrected chi connectivity index (χ0v) is 18.3. The number of carbonyl (C=O) groups is 1. The molecule has 5 rings (SSSR count). The van der Waals surface area contributed by atoms with Gasteiger partial charge >= 0.3 is 0 Å². The van der Waals surface area contributed by atoms with Crippen LogP contribution in [0.4, 0.5) is 11.4 Å². The summed E-state index contributed by atoms with van der Waals surface area (Å²) < 4.78 is 7.07. The van der Waals surface area contributed by atoms with Gasteiger partial charge in [0.05, 0.1) is 41.8 Å². The third-order valence-corrected chi connectivity index (χ3v) is 6.60. The van der Waals surface area contributed by atoms with Gasteiger partial charge in [0, 0.05) is 18.2 Å². The van der Waals surface area contributed by atoms with Crippen molar-refractivity contribution < 1.29 is 9.53 Å². The highest BCUT2D eigenvalue weighted by molar-refractivity contribution is 6.32. The minimum atomic E-state index is -0.669. The monoisotopic (exact) mass is 448 g/mol. The molecule has 8 nitrogen and oxygen atoms in total. The molecule has 2 aromatic heterocycles. The summed E-state index contributed by atoms with van der Waals surface area (Å²) in [6, 6.07) is 9.59. The molecular formula is C23H21ClN6O2. The predicted octanol–water partition coefficient (Wildman–Crippen LogP) is 3.85. The van der Waals surface area contributed by atoms with Gasteiger partial charge in [-0.1, -0.05) is 18.2 Å². The first kappa shape index (κ1) is 20.5. The minimum Gasteiger partial charge on any atom is -0.383 e. The lowest BCUT2D eigenvalue weighted by atomic mass is 9.75. The summed E-state index contributed by atoms with van der Waals surface area (Å²) in [5, 5.41) is 14.8. The van der Waals surface area contributed by atoms with Crippen molar-refractivity contribution in [2.75, 3.05) is 23.5 Å². The Morgan fingerprint density at radius 1 is 1.28 bits per heavy atom. The van der Waals surface area contributed by atoms with E-state index in [4.69, 9.17) is 21.6 Å². The van der Waals surface area contributed by atoms with Crippen molar-refractivity contribution in [3.8, 4) is 6.07 Å². The number of hydrogen-bond donors (Lipinski definition) is 0. The molecular weight excluding hydrogens is 428 g/mol. The fourth-order valence-electron chi connectivity index (χ4n) is 4.58. The number of methoxy groups -OCH3 is 1. The van der Waals surface area contributed by atoms with Crippen LogP contribution in [0.25, 0.3) is 10.9 Å². The first-order chi connectivity index (χ1) is 15.5. The third-order valence-electron chi connectivity index (χ3n) is 6.31. The van der Waals surface area contributed by atoms with Crippen molar-refractivity contribution in [2.24, 2.45) is 0 Å². The SMILES string of the molecule is C=C1N(c2cnc(C#N)c(Cl)c2)C(=O)C2(CCC2)N1c1ccc2c(cnn2CCOC)c1. The Balaban J connectivity index is 1.55. The molecule has 0 bridgehead atoms. The van der Waals surface area contributed by atoms with Gasteiger partial charge in [-0.25, -0.2) is 4.98 Å². The number of halogens is 1. The number of ether oxygens (including phenoxy) is 1. The second-order valence-electron chi connectivity index (χ2n) is 8.02. The molecule has 1 saturated heterocycles. The molecule has 0 unspecified atom stereocenters. The fourth-order valence-corrected chi connectivity index (χ4v) is 4.78. The van der Waals surface area contributed by atoms with Gasteiger partial charge in [-0.15, -0.1) is 0 Å². The Morgan fingerprint density at radius 3 is 2.75 bits per heavy atom. The van der Waals surface area contributed by atoms with E-state index in [1.54, 1.807) is 18.1 Å². The molecule has 162 valence electrons. The number of nitrogens with zero attached hydrogens (tertiary/aromatic N) is 6. The van der Waals surface area contributed by atoms with E-state index in [1.165, 1.54) is 6.20 Å². The first-order valence-corrected chi connectivity index (χ1v) is 10.7. The summed E-state index contributed by atoms with van der Waals surface area (Å²) in [4.78, 5) is 21.3. The lowest BCUT2D eigenvalue weighted by Crippen LogP contribution is -2.54. The summed E-state index contributed by atoms with van der Waals surface area (Å²) in [6.07, 6.45) is 5.76. The van der Waals surface area contributed by atoms with Crippen LogP contribution in [0.2, 0.25) is 5.02 Å². The molecule has 0 radical (unpaired) electrons. The zero-order chi connectivity index (χ0) is 22.5. The van der Waals surface area contributed by atoms with E-state index in [1.807, 2.05) is 40.0 Å². The normalized spacial score (nSPS) is 17.3. The third kappa shape index (κ3) is 2.89. The molecule has 1 aliphatic heterocycles. The topological polar surface area (TPSA) is 87.3 Å². The summed E-state index contributed by atoms with van der Waals surface area (Å²) in [7, 11) is 1.67. The number of aromatic nitrogens is 3. The zero-order valence-electron chi connectivity index (χ0n) is 17.6. The van der Waals surface area contributed by atoms with Crippen molar-refractivity contribution >= 4 is 39.8 Å². The Labute approximate surface area is 190 Å². The number of nitriles is 1. The number of carbonyl (C=O) groups excluding carboxylic acids is 1. The molecule has 2 fully saturated rings. The fraction of sp³-hybridized carbons (Fsp3) is 0.304. The number of fused-ring (bicyclic) bond motifs is 1. The molecule has 3 aromatic rings. The molecule has 2 aliphatic rings. The number of anilines is 2. The standard InChI is InChI=1S/C23H21ClN6O2/c1-15-29(18-11-19(24)20(12-25)26-14-18)22(31)23(6-3-7-23)30(15)17-4-5-21-16(10-17)13-27-28(21)8-9-32-2/h4-5,10-11,13-14H,1,3,6-9H2,2H3. The maximum absolute atomic E-state index is 13.6. The Hall–Kier alpha value is -3.41. The van der Waals surface area contributed by atoms with Crippen molar-refractivity contribution in [3.05, 3.63) is 59.8 Å². The number of hydrogen-bond acceptors (Lipinski definition) is 6. The minimum absolute atomic E-state index is 0.0489. The van der Waals surface area contributed by atoms with Gasteiger partial charge in [-0.2, -0.15) is 10.4 Å². The van der Waals surface area contributed by atoms with E-state index in [2.05, 4.69) is 16.7 Å². The Kier molecular flexibility index (Phi) is 4.88. The molecule has 1 spiro atoms. The lowest BCUT2D eigenvalue weighted by Gasteiger charge is -2.43. The smallest absolute Gasteiger partial charge is 0.259 e. The van der Waals surface area contributed by atoms with Crippen LogP contribution in [0.3, 0.4) is 0 Å². The van der Waals surface area contributed by atoms with Gasteiger partial charge in [-0.05, 0) is 43.5 Å². The second kappa shape index (κ2) is 7.62. The number of benzene rings is 1. The highest BCUT2D eigenvalue weighted by Gasteiger charge is 2.58. The second-order valence-corrected chi connectivity index (χ2v) is 8.42. The lowest BCUT2D eigenvalue weighted by molar-refractivity contribution is -0.123. The summed E-state index contributed by atoms with van der Waals surface area (Å²) in [5.74, 6) is 0.496. The van der Waals surface area contributed by atoms with Crippen molar-refractivity contribution in [2.45, 2.75) is 31.3 Å². The van der Waals surface area contributed by atoms with E-state index < -0.39 is 5.54 Å². The predicted molar refractivity (Wildman–Crippen MR) is 121 cm³/mol. The van der Waals surface area contributed by atoms with E-state index in [0.717, 1.165) is 35.9 Å². The van der Waals surface area contributed by atoms with Crippen LogP contribution in [-0.4, -0.2) is 39.9 Å². The van der Waals surface area contributed by atoms with Gasteiger partial charge in [0.25, 0.3) is 5.91 Å². The van der Waals surface area contributed by atoms with Crippen LogP contribution in [0, 0.1) is 11.3 Å². The molecule has 0 N–H and O–H groups in total. The van der Waals surface area contributed by atoms with Gasteiger partial charge < -0.3 is 9.64 Å². The van der Waals surface area contributed by atoms with Crippen LogP contribution in [0.15, 0.2) is 49.1 Å². The van der Waals surface area contributed by atoms with Crippen molar-refractivity contribution in [1.82, 2.24) is 14.8 Å². The van der Waals surface area contributed by atoms with Crippen LogP contribution in [0.5, 0.6) is 0 Å². The molecule has 1 aromatic carbocycles. The summed E-state index contributed by atoms with van der Waals surface area (Å²) in [6.45, 7) is 5.50. The summed E-state index contributed by atoms with van der Waals surface area (Å²) in [5.41, 5.74) is 1.85. The molecule has 3 heterocycles. The number of pyridine rings is 1. The molecule has 32 heavy (non-hydrogen) atoms. The van der Waals surface area contributed by atoms with E-state index in [9.17, 15) is 4.79 Å². The van der Waals surface area contributed by atoms with Crippen LogP contribution in [-0.2, 0) is 16.1 Å². The molecule has 9 heteroatoms. The number of rotatable bonds is 5. The number of amides is 1. The first-order valence-electron chi connectivity index (χ1n) is 10.3. The van der Waals surface area contributed by atoms with Crippen LogP contribution >= 0.6 is 11.6 Å². The van der Waals surface area contributed by atoms with Gasteiger partial charge in [0.2, 0.25) is 0 Å². The van der Waals surface area contributed by atoms with Crippen molar-refractivity contribution in [1.29, 1.82) is 5.26 Å². The average molecular weight is 449 g/mol. The summed E-state index contributed by atoms with van der Waals surface area (Å²) >= 11 is 6.20. The van der Waals surface area contributed by atoms with Gasteiger partial charge in [-0.3, -0.25) is 14.4 Å². The van der Waals surface area contributed by atoms with Crippen LogP contribution < -0.4 is 9.80 Å². The van der Waals surface area contributed by atoms with Gasteiger partial charge in [0.1, 0.15) is 17.4 Å². The van der Waals surface area contributed by atoms with E-state index in [0.29, 0.717) is 24.7 Å². The van der Waals surface area contributed by atoms with Crippen LogP contribution in [0.1, 0.15) is 25.0 Å². The van der Waals surface area contributed by atoms with Gasteiger partial charge in [0.15, 0.2) is 5.69 Å². The molecule has 1 aliphatic carbocycles. The van der Waals surface area contributed by atoms with E-state index >= 15 is 0 Å². The Bertz CT molecular complexity index is 1290. The highest BCUT2D eigenvalue weighted by Crippen LogP contribution is 2.50. The van der Waals surface area contributed by atoms with Crippen molar-refractivity contribution in [3.63, 3.8) is 0 Å². The maximum atomic E-state index is 13.6. The Morgan fingerprint density at radius 2 is 2.09 bits per heavy atom. The molecule has 0 atom stereocenters. The largest absolute Gasteiger partial charge is 0.383 e. The quantitative estimate of drug-likeness (QED) is 0.589. The molecule has 1 amide bonds. The highest BCUT2D eigenvalue weighted by atomic mass is 35.5. The maximum Gasteiger partial charge on any atom is 0.259 e. The average Bonchev–Trinajstić information content (AvgIpc) is 3.27. The molecule has 1 saturated carbocycles.